The lowest BCUT2D eigenvalue weighted by atomic mass is 10.1. The number of hydrogen-bond donors (Lipinski definition) is 1. The highest BCUT2D eigenvalue weighted by molar-refractivity contribution is 7.09. The van der Waals surface area contributed by atoms with Gasteiger partial charge >= 0.3 is 0 Å². The van der Waals surface area contributed by atoms with Crippen LogP contribution in [0.4, 0.5) is 0 Å². The molecular weight excluding hydrogens is 256 g/mol. The van der Waals surface area contributed by atoms with Gasteiger partial charge in [0, 0.05) is 5.38 Å². The Balaban J connectivity index is 2.05. The predicted molar refractivity (Wildman–Crippen MR) is 79.8 cm³/mol. The van der Waals surface area contributed by atoms with Gasteiger partial charge in [0.2, 0.25) is 0 Å². The van der Waals surface area contributed by atoms with Gasteiger partial charge in [-0.1, -0.05) is 24.6 Å². The minimum atomic E-state index is 0.525. The van der Waals surface area contributed by atoms with E-state index in [1.54, 1.807) is 11.3 Å². The summed E-state index contributed by atoms with van der Waals surface area (Å²) in [5.41, 5.74) is 9.05. The monoisotopic (exact) mass is 276 g/mol. The van der Waals surface area contributed by atoms with Crippen molar-refractivity contribution >= 4 is 11.3 Å². The molecule has 0 saturated carbocycles. The Bertz CT molecular complexity index is 537. The lowest BCUT2D eigenvalue weighted by molar-refractivity contribution is 0.298. The molecule has 0 radical (unpaired) electrons. The Morgan fingerprint density at radius 1 is 1.37 bits per heavy atom. The Morgan fingerprint density at radius 2 is 2.21 bits per heavy atom. The molecule has 0 spiro atoms. The van der Waals surface area contributed by atoms with Crippen LogP contribution in [0.25, 0.3) is 0 Å². The van der Waals surface area contributed by atoms with E-state index in [-0.39, 0.29) is 0 Å². The van der Waals surface area contributed by atoms with E-state index in [0.29, 0.717) is 13.2 Å². The summed E-state index contributed by atoms with van der Waals surface area (Å²) in [5, 5.41) is 3.22. The zero-order valence-corrected chi connectivity index (χ0v) is 12.3. The summed E-state index contributed by atoms with van der Waals surface area (Å²) in [4.78, 5) is 4.51. The van der Waals surface area contributed by atoms with Gasteiger partial charge in [-0.3, -0.25) is 0 Å². The quantitative estimate of drug-likeness (QED) is 0.882. The maximum atomic E-state index is 5.88. The minimum absolute atomic E-state index is 0.525. The molecule has 19 heavy (non-hydrogen) atoms. The third kappa shape index (κ3) is 3.78. The average molecular weight is 276 g/mol. The molecule has 2 rings (SSSR count). The second kappa shape index (κ2) is 6.68. The molecule has 0 saturated heterocycles. The Morgan fingerprint density at radius 3 is 2.89 bits per heavy atom. The second-order valence-electron chi connectivity index (χ2n) is 4.52. The smallest absolute Gasteiger partial charge is 0.131 e. The topological polar surface area (TPSA) is 48.1 Å². The van der Waals surface area contributed by atoms with E-state index >= 15 is 0 Å². The van der Waals surface area contributed by atoms with Crippen molar-refractivity contribution in [1.29, 1.82) is 0 Å². The molecule has 102 valence electrons. The number of benzene rings is 1. The van der Waals surface area contributed by atoms with Crippen LogP contribution < -0.4 is 10.5 Å². The number of nitrogens with two attached hydrogens (primary N) is 1. The van der Waals surface area contributed by atoms with Crippen molar-refractivity contribution in [3.63, 3.8) is 0 Å². The van der Waals surface area contributed by atoms with Gasteiger partial charge in [-0.05, 0) is 37.9 Å². The lowest BCUT2D eigenvalue weighted by Gasteiger charge is -2.11. The fourth-order valence-corrected chi connectivity index (χ4v) is 2.66. The first kappa shape index (κ1) is 14.0. The van der Waals surface area contributed by atoms with E-state index in [0.717, 1.165) is 29.3 Å². The van der Waals surface area contributed by atoms with E-state index in [2.05, 4.69) is 36.3 Å². The van der Waals surface area contributed by atoms with Crippen molar-refractivity contribution in [2.75, 3.05) is 6.54 Å². The van der Waals surface area contributed by atoms with Crippen molar-refractivity contribution < 1.29 is 4.74 Å². The fraction of sp³-hybridized carbons (Fsp3) is 0.400. The van der Waals surface area contributed by atoms with Crippen LogP contribution in [0, 0.1) is 6.92 Å². The van der Waals surface area contributed by atoms with Crippen molar-refractivity contribution in [2.45, 2.75) is 33.3 Å². The molecule has 0 aliphatic heterocycles. The summed E-state index contributed by atoms with van der Waals surface area (Å²) in [6, 6.07) is 6.22. The van der Waals surface area contributed by atoms with Crippen molar-refractivity contribution in [3.8, 4) is 5.75 Å². The number of ether oxygens (including phenoxy) is 1. The molecule has 4 heteroatoms. The number of nitrogens with zero attached hydrogens (tertiary/aromatic N) is 1. The van der Waals surface area contributed by atoms with Crippen LogP contribution in [-0.4, -0.2) is 11.5 Å². The van der Waals surface area contributed by atoms with Gasteiger partial charge in [-0.15, -0.1) is 11.3 Å². The van der Waals surface area contributed by atoms with Crippen LogP contribution in [0.1, 0.15) is 28.8 Å². The van der Waals surface area contributed by atoms with Gasteiger partial charge < -0.3 is 10.5 Å². The maximum absolute atomic E-state index is 5.88. The summed E-state index contributed by atoms with van der Waals surface area (Å²) in [7, 11) is 0. The molecule has 0 unspecified atom stereocenters. The number of rotatable bonds is 6. The van der Waals surface area contributed by atoms with Crippen molar-refractivity contribution in [2.24, 2.45) is 5.73 Å². The van der Waals surface area contributed by atoms with Crippen LogP contribution >= 0.6 is 11.3 Å². The summed E-state index contributed by atoms with van der Waals surface area (Å²) >= 11 is 1.69. The van der Waals surface area contributed by atoms with Crippen LogP contribution in [0.15, 0.2) is 23.6 Å². The van der Waals surface area contributed by atoms with Gasteiger partial charge in [0.15, 0.2) is 0 Å². The summed E-state index contributed by atoms with van der Waals surface area (Å²) in [6.45, 7) is 5.36. The molecule has 0 bridgehead atoms. The highest BCUT2D eigenvalue weighted by Crippen LogP contribution is 2.22. The molecule has 1 aromatic carbocycles. The van der Waals surface area contributed by atoms with E-state index in [9.17, 15) is 0 Å². The van der Waals surface area contributed by atoms with Crippen LogP contribution in [0.3, 0.4) is 0 Å². The van der Waals surface area contributed by atoms with Crippen LogP contribution in [0.2, 0.25) is 0 Å². The molecule has 0 aliphatic rings. The van der Waals surface area contributed by atoms with Gasteiger partial charge in [-0.2, -0.15) is 0 Å². The minimum Gasteiger partial charge on any atom is -0.487 e. The molecule has 1 heterocycles. The number of thiazole rings is 1. The molecular formula is C15H20N2OS. The Labute approximate surface area is 118 Å². The molecule has 0 atom stereocenters. The summed E-state index contributed by atoms with van der Waals surface area (Å²) in [5.74, 6) is 0.919. The van der Waals surface area contributed by atoms with Crippen molar-refractivity contribution in [1.82, 2.24) is 4.98 Å². The number of aromatic nitrogens is 1. The first-order valence-electron chi connectivity index (χ1n) is 6.58. The third-order valence-electron chi connectivity index (χ3n) is 2.91. The van der Waals surface area contributed by atoms with Gasteiger partial charge in [-0.25, -0.2) is 4.98 Å². The van der Waals surface area contributed by atoms with Gasteiger partial charge in [0.05, 0.1) is 10.7 Å². The zero-order chi connectivity index (χ0) is 13.7. The Hall–Kier alpha value is -1.39. The molecule has 0 fully saturated rings. The van der Waals surface area contributed by atoms with Gasteiger partial charge in [0.25, 0.3) is 0 Å². The van der Waals surface area contributed by atoms with E-state index in [1.807, 2.05) is 6.07 Å². The second-order valence-corrected chi connectivity index (χ2v) is 5.47. The highest BCUT2D eigenvalue weighted by Gasteiger charge is 2.06. The highest BCUT2D eigenvalue weighted by atomic mass is 32.1. The normalized spacial score (nSPS) is 10.7. The molecule has 2 N–H and O–H groups in total. The first-order valence-corrected chi connectivity index (χ1v) is 7.46. The Kier molecular flexibility index (Phi) is 4.93. The molecule has 0 amide bonds. The zero-order valence-electron chi connectivity index (χ0n) is 11.5. The maximum Gasteiger partial charge on any atom is 0.131 e. The average Bonchev–Trinajstić information content (AvgIpc) is 2.86. The number of hydrogen-bond acceptors (Lipinski definition) is 4. The first-order chi connectivity index (χ1) is 9.22. The summed E-state index contributed by atoms with van der Waals surface area (Å²) in [6.07, 6.45) is 1.82. The standard InChI is InChI=1S/C15H20N2OS/c1-3-15-17-13(10-19-15)9-18-14-5-4-11(2)8-12(14)6-7-16/h4-5,8,10H,3,6-7,9,16H2,1-2H3. The van der Waals surface area contributed by atoms with Crippen LogP contribution in [-0.2, 0) is 19.4 Å². The van der Waals surface area contributed by atoms with E-state index in [4.69, 9.17) is 10.5 Å². The van der Waals surface area contributed by atoms with Gasteiger partial charge in [0.1, 0.15) is 12.4 Å². The number of aryl methyl sites for hydroxylation is 2. The largest absolute Gasteiger partial charge is 0.487 e. The lowest BCUT2D eigenvalue weighted by Crippen LogP contribution is -2.06. The third-order valence-corrected chi connectivity index (χ3v) is 3.95. The molecule has 3 nitrogen and oxygen atoms in total. The molecule has 0 aliphatic carbocycles. The molecule has 1 aromatic heterocycles. The van der Waals surface area contributed by atoms with Crippen LogP contribution in [0.5, 0.6) is 5.75 Å². The fourth-order valence-electron chi connectivity index (χ4n) is 1.93. The molecule has 2 aromatic rings. The van der Waals surface area contributed by atoms with E-state index in [1.165, 1.54) is 11.1 Å². The van der Waals surface area contributed by atoms with E-state index < -0.39 is 0 Å². The predicted octanol–water partition coefficient (Wildman–Crippen LogP) is 3.09. The SMILES string of the molecule is CCc1nc(COc2ccc(C)cc2CCN)cs1. The summed E-state index contributed by atoms with van der Waals surface area (Å²) < 4.78 is 5.88. The van der Waals surface area contributed by atoms with Crippen molar-refractivity contribution in [3.05, 3.63) is 45.4 Å².